The molecule has 0 fully saturated rings. The number of benzene rings is 1. The number of nitrogens with one attached hydrogen (secondary N) is 2. The number of amides is 1. The van der Waals surface area contributed by atoms with Crippen LogP contribution < -0.4 is 10.9 Å². The molecule has 19 heavy (non-hydrogen) atoms. The van der Waals surface area contributed by atoms with Crippen molar-refractivity contribution in [3.63, 3.8) is 0 Å². The SMILES string of the molecule is N#Cc1ccc(CNC(=O)c2cc[nH]c(=O)c2)cc1. The van der Waals surface area contributed by atoms with Gasteiger partial charge < -0.3 is 10.3 Å². The molecule has 0 saturated heterocycles. The van der Waals surface area contributed by atoms with E-state index in [0.717, 1.165) is 5.56 Å². The molecule has 0 aliphatic rings. The van der Waals surface area contributed by atoms with Crippen LogP contribution in [0.1, 0.15) is 21.5 Å². The minimum atomic E-state index is -0.314. The molecule has 1 aromatic heterocycles. The van der Waals surface area contributed by atoms with E-state index >= 15 is 0 Å². The van der Waals surface area contributed by atoms with E-state index in [4.69, 9.17) is 5.26 Å². The number of aromatic nitrogens is 1. The number of hydrogen-bond donors (Lipinski definition) is 2. The Labute approximate surface area is 109 Å². The maximum atomic E-state index is 11.8. The summed E-state index contributed by atoms with van der Waals surface area (Å²) in [4.78, 5) is 25.3. The third-order valence-electron chi connectivity index (χ3n) is 2.57. The zero-order valence-corrected chi connectivity index (χ0v) is 10.0. The van der Waals surface area contributed by atoms with Gasteiger partial charge in [-0.2, -0.15) is 5.26 Å². The summed E-state index contributed by atoms with van der Waals surface area (Å²) >= 11 is 0. The van der Waals surface area contributed by atoms with Gasteiger partial charge in [-0.15, -0.1) is 0 Å². The number of nitrogens with zero attached hydrogens (tertiary/aromatic N) is 1. The molecule has 2 rings (SSSR count). The van der Waals surface area contributed by atoms with Crippen molar-refractivity contribution in [1.29, 1.82) is 5.26 Å². The molecule has 94 valence electrons. The van der Waals surface area contributed by atoms with E-state index in [1.807, 2.05) is 6.07 Å². The van der Waals surface area contributed by atoms with Crippen molar-refractivity contribution in [2.45, 2.75) is 6.54 Å². The van der Waals surface area contributed by atoms with Crippen LogP contribution in [0.3, 0.4) is 0 Å². The number of carbonyl (C=O) groups is 1. The van der Waals surface area contributed by atoms with E-state index in [9.17, 15) is 9.59 Å². The van der Waals surface area contributed by atoms with Gasteiger partial charge in [0, 0.05) is 24.4 Å². The second kappa shape index (κ2) is 5.65. The molecule has 1 aromatic carbocycles. The van der Waals surface area contributed by atoms with Crippen molar-refractivity contribution in [2.24, 2.45) is 0 Å². The first-order chi connectivity index (χ1) is 9.19. The van der Waals surface area contributed by atoms with Gasteiger partial charge in [0.05, 0.1) is 11.6 Å². The summed E-state index contributed by atoms with van der Waals surface area (Å²) in [6, 6.07) is 11.7. The van der Waals surface area contributed by atoms with Crippen LogP contribution >= 0.6 is 0 Å². The predicted molar refractivity (Wildman–Crippen MR) is 69.4 cm³/mol. The average Bonchev–Trinajstić information content (AvgIpc) is 2.45. The number of rotatable bonds is 3. The lowest BCUT2D eigenvalue weighted by molar-refractivity contribution is 0.0950. The fourth-order valence-corrected chi connectivity index (χ4v) is 1.57. The zero-order valence-electron chi connectivity index (χ0n) is 10.0. The van der Waals surface area contributed by atoms with E-state index in [1.54, 1.807) is 24.3 Å². The monoisotopic (exact) mass is 253 g/mol. The third-order valence-corrected chi connectivity index (χ3v) is 2.57. The van der Waals surface area contributed by atoms with Gasteiger partial charge >= 0.3 is 0 Å². The quantitative estimate of drug-likeness (QED) is 0.861. The smallest absolute Gasteiger partial charge is 0.251 e. The van der Waals surface area contributed by atoms with Crippen molar-refractivity contribution in [2.75, 3.05) is 0 Å². The summed E-state index contributed by atoms with van der Waals surface area (Å²) in [6.45, 7) is 0.345. The van der Waals surface area contributed by atoms with Gasteiger partial charge in [0.25, 0.3) is 5.91 Å². The van der Waals surface area contributed by atoms with Crippen LogP contribution in [0.2, 0.25) is 0 Å². The molecular weight excluding hydrogens is 242 g/mol. The summed E-state index contributed by atoms with van der Waals surface area (Å²) in [6.07, 6.45) is 1.43. The van der Waals surface area contributed by atoms with E-state index in [1.165, 1.54) is 18.3 Å². The molecule has 0 aliphatic carbocycles. The lowest BCUT2D eigenvalue weighted by Gasteiger charge is -2.05. The van der Waals surface area contributed by atoms with Gasteiger partial charge in [-0.3, -0.25) is 9.59 Å². The van der Waals surface area contributed by atoms with E-state index in [0.29, 0.717) is 17.7 Å². The molecule has 0 saturated carbocycles. The zero-order chi connectivity index (χ0) is 13.7. The third kappa shape index (κ3) is 3.30. The fraction of sp³-hybridized carbons (Fsp3) is 0.0714. The molecule has 5 heteroatoms. The lowest BCUT2D eigenvalue weighted by atomic mass is 10.1. The van der Waals surface area contributed by atoms with Gasteiger partial charge in [0.1, 0.15) is 0 Å². The van der Waals surface area contributed by atoms with Gasteiger partial charge in [0.2, 0.25) is 5.56 Å². The minimum absolute atomic E-state index is 0.310. The number of aromatic amines is 1. The number of H-pyrrole nitrogens is 1. The highest BCUT2D eigenvalue weighted by molar-refractivity contribution is 5.93. The van der Waals surface area contributed by atoms with Crippen LogP contribution in [0.25, 0.3) is 0 Å². The Bertz CT molecular complexity index is 681. The Morgan fingerprint density at radius 3 is 2.63 bits per heavy atom. The molecular formula is C14H11N3O2. The van der Waals surface area contributed by atoms with E-state index in [-0.39, 0.29) is 11.5 Å². The van der Waals surface area contributed by atoms with Crippen LogP contribution in [0.15, 0.2) is 47.4 Å². The summed E-state index contributed by atoms with van der Waals surface area (Å²) in [7, 11) is 0. The Kier molecular flexibility index (Phi) is 3.74. The number of carbonyl (C=O) groups excluding carboxylic acids is 1. The van der Waals surface area contributed by atoms with Crippen LogP contribution in [0, 0.1) is 11.3 Å². The van der Waals surface area contributed by atoms with Crippen LogP contribution in [-0.4, -0.2) is 10.9 Å². The molecule has 0 atom stereocenters. The van der Waals surface area contributed by atoms with Crippen LogP contribution in [0.4, 0.5) is 0 Å². The predicted octanol–water partition coefficient (Wildman–Crippen LogP) is 1.18. The second-order valence-electron chi connectivity index (χ2n) is 3.93. The van der Waals surface area contributed by atoms with E-state index in [2.05, 4.69) is 10.3 Å². The van der Waals surface area contributed by atoms with Crippen molar-refractivity contribution in [1.82, 2.24) is 10.3 Å². The molecule has 0 radical (unpaired) electrons. The maximum absolute atomic E-state index is 11.8. The molecule has 0 spiro atoms. The first-order valence-corrected chi connectivity index (χ1v) is 5.65. The largest absolute Gasteiger partial charge is 0.348 e. The fourth-order valence-electron chi connectivity index (χ4n) is 1.57. The first kappa shape index (κ1) is 12.6. The molecule has 5 nitrogen and oxygen atoms in total. The molecule has 0 aliphatic heterocycles. The van der Waals surface area contributed by atoms with Gasteiger partial charge in [-0.25, -0.2) is 0 Å². The highest BCUT2D eigenvalue weighted by atomic mass is 16.2. The normalized spacial score (nSPS) is 9.63. The molecule has 0 unspecified atom stereocenters. The van der Waals surface area contributed by atoms with Crippen LogP contribution in [0.5, 0.6) is 0 Å². The second-order valence-corrected chi connectivity index (χ2v) is 3.93. The van der Waals surface area contributed by atoms with Crippen molar-refractivity contribution >= 4 is 5.91 Å². The summed E-state index contributed by atoms with van der Waals surface area (Å²) in [5, 5.41) is 11.4. The lowest BCUT2D eigenvalue weighted by Crippen LogP contribution is -2.24. The summed E-state index contributed by atoms with van der Waals surface area (Å²) < 4.78 is 0. The Hall–Kier alpha value is -2.87. The van der Waals surface area contributed by atoms with Crippen molar-refractivity contribution in [3.8, 4) is 6.07 Å². The van der Waals surface area contributed by atoms with Crippen molar-refractivity contribution in [3.05, 3.63) is 69.6 Å². The molecule has 0 bridgehead atoms. The molecule has 1 heterocycles. The van der Waals surface area contributed by atoms with Gasteiger partial charge in [-0.05, 0) is 23.8 Å². The minimum Gasteiger partial charge on any atom is -0.348 e. The van der Waals surface area contributed by atoms with Crippen LogP contribution in [-0.2, 0) is 6.54 Å². The Morgan fingerprint density at radius 2 is 2.00 bits per heavy atom. The highest BCUT2D eigenvalue weighted by Crippen LogP contribution is 2.03. The highest BCUT2D eigenvalue weighted by Gasteiger charge is 2.05. The number of hydrogen-bond acceptors (Lipinski definition) is 3. The maximum Gasteiger partial charge on any atom is 0.251 e. The molecule has 1 amide bonds. The van der Waals surface area contributed by atoms with Gasteiger partial charge in [-0.1, -0.05) is 12.1 Å². The van der Waals surface area contributed by atoms with E-state index < -0.39 is 0 Å². The molecule has 2 N–H and O–H groups in total. The first-order valence-electron chi connectivity index (χ1n) is 5.65. The van der Waals surface area contributed by atoms with Gasteiger partial charge in [0.15, 0.2) is 0 Å². The average molecular weight is 253 g/mol. The Morgan fingerprint density at radius 1 is 1.26 bits per heavy atom. The van der Waals surface area contributed by atoms with Crippen molar-refractivity contribution < 1.29 is 4.79 Å². The number of pyridine rings is 1. The summed E-state index contributed by atoms with van der Waals surface area (Å²) in [5.74, 6) is -0.310. The standard InChI is InChI=1S/C14H11N3O2/c15-8-10-1-3-11(4-2-10)9-17-14(19)12-5-6-16-13(18)7-12/h1-7H,9H2,(H,16,18)(H,17,19). The molecule has 2 aromatic rings. The number of nitriles is 1. The summed E-state index contributed by atoms with van der Waals surface area (Å²) in [5.41, 5.74) is 1.46. The Balaban J connectivity index is 2.00. The topological polar surface area (TPSA) is 85.8 Å².